The molecular formula is C18H19ClN4. The molecule has 0 unspecified atom stereocenters. The van der Waals surface area contributed by atoms with Crippen LogP contribution in [0.3, 0.4) is 0 Å². The lowest BCUT2D eigenvalue weighted by atomic mass is 10.2. The Hall–Kier alpha value is -2.59. The van der Waals surface area contributed by atoms with Crippen LogP contribution in [-0.2, 0) is 0 Å². The smallest absolute Gasteiger partial charge is 0.229 e. The van der Waals surface area contributed by atoms with Crippen LogP contribution in [0.25, 0.3) is 0 Å². The maximum absolute atomic E-state index is 4.53. The van der Waals surface area contributed by atoms with Gasteiger partial charge < -0.3 is 10.6 Å². The molecule has 23 heavy (non-hydrogen) atoms. The zero-order chi connectivity index (χ0) is 15.4. The second-order valence-corrected chi connectivity index (χ2v) is 5.15. The van der Waals surface area contributed by atoms with Crippen molar-refractivity contribution in [2.75, 3.05) is 10.6 Å². The maximum Gasteiger partial charge on any atom is 0.229 e. The molecular weight excluding hydrogens is 308 g/mol. The number of rotatable bonds is 4. The average molecular weight is 327 g/mol. The van der Waals surface area contributed by atoms with Gasteiger partial charge in [-0.25, -0.2) is 4.98 Å². The molecule has 0 amide bonds. The topological polar surface area (TPSA) is 49.8 Å². The Morgan fingerprint density at radius 3 is 2.22 bits per heavy atom. The number of hydrogen-bond acceptors (Lipinski definition) is 4. The Morgan fingerprint density at radius 2 is 1.48 bits per heavy atom. The number of benzene rings is 2. The SMILES string of the molecule is Cc1cc(Nc2ccccc2)nc(Nc2ccccc2C)n1.Cl. The number of halogens is 1. The molecule has 1 heterocycles. The second kappa shape index (κ2) is 7.61. The van der Waals surface area contributed by atoms with E-state index in [-0.39, 0.29) is 12.4 Å². The van der Waals surface area contributed by atoms with Gasteiger partial charge in [0.2, 0.25) is 5.95 Å². The van der Waals surface area contributed by atoms with Crippen molar-refractivity contribution in [3.63, 3.8) is 0 Å². The monoisotopic (exact) mass is 326 g/mol. The van der Waals surface area contributed by atoms with Gasteiger partial charge in [0.1, 0.15) is 5.82 Å². The molecule has 0 bridgehead atoms. The summed E-state index contributed by atoms with van der Waals surface area (Å²) in [6.07, 6.45) is 0. The summed E-state index contributed by atoms with van der Waals surface area (Å²) in [4.78, 5) is 8.98. The summed E-state index contributed by atoms with van der Waals surface area (Å²) >= 11 is 0. The Labute approximate surface area is 142 Å². The van der Waals surface area contributed by atoms with Gasteiger partial charge in [0.15, 0.2) is 0 Å². The Balaban J connectivity index is 0.00000192. The average Bonchev–Trinajstić information content (AvgIpc) is 2.50. The van der Waals surface area contributed by atoms with E-state index < -0.39 is 0 Å². The summed E-state index contributed by atoms with van der Waals surface area (Å²) in [6, 6.07) is 20.0. The van der Waals surface area contributed by atoms with Crippen molar-refractivity contribution < 1.29 is 0 Å². The van der Waals surface area contributed by atoms with Crippen LogP contribution in [0.5, 0.6) is 0 Å². The van der Waals surface area contributed by atoms with Crippen molar-refractivity contribution in [2.24, 2.45) is 0 Å². The first-order chi connectivity index (χ1) is 10.7. The number of nitrogens with one attached hydrogen (secondary N) is 2. The van der Waals surface area contributed by atoms with Gasteiger partial charge in [-0.2, -0.15) is 4.98 Å². The number of anilines is 4. The summed E-state index contributed by atoms with van der Waals surface area (Å²) < 4.78 is 0. The largest absolute Gasteiger partial charge is 0.340 e. The van der Waals surface area contributed by atoms with Gasteiger partial charge in [-0.3, -0.25) is 0 Å². The molecule has 0 aliphatic heterocycles. The number of aromatic nitrogens is 2. The van der Waals surface area contributed by atoms with Crippen LogP contribution >= 0.6 is 12.4 Å². The zero-order valence-corrected chi connectivity index (χ0v) is 13.9. The van der Waals surface area contributed by atoms with E-state index in [1.807, 2.05) is 61.5 Å². The first kappa shape index (κ1) is 16.8. The van der Waals surface area contributed by atoms with Crippen LogP contribution in [0.2, 0.25) is 0 Å². The minimum atomic E-state index is 0. The van der Waals surface area contributed by atoms with Gasteiger partial charge >= 0.3 is 0 Å². The summed E-state index contributed by atoms with van der Waals surface area (Å²) in [5, 5.41) is 6.57. The van der Waals surface area contributed by atoms with Gasteiger partial charge in [-0.15, -0.1) is 12.4 Å². The fourth-order valence-electron chi connectivity index (χ4n) is 2.19. The van der Waals surface area contributed by atoms with Crippen molar-refractivity contribution in [3.05, 3.63) is 71.9 Å². The molecule has 0 saturated heterocycles. The third-order valence-corrected chi connectivity index (χ3v) is 3.29. The van der Waals surface area contributed by atoms with Crippen LogP contribution in [0.4, 0.5) is 23.1 Å². The van der Waals surface area contributed by atoms with Crippen molar-refractivity contribution in [2.45, 2.75) is 13.8 Å². The Morgan fingerprint density at radius 1 is 0.783 bits per heavy atom. The van der Waals surface area contributed by atoms with Crippen molar-refractivity contribution in [3.8, 4) is 0 Å². The van der Waals surface area contributed by atoms with Gasteiger partial charge in [0.25, 0.3) is 0 Å². The normalized spacial score (nSPS) is 9.83. The van der Waals surface area contributed by atoms with Crippen LogP contribution < -0.4 is 10.6 Å². The standard InChI is InChI=1S/C18H18N4.ClH/c1-13-8-6-7-11-16(13)21-18-19-14(2)12-17(22-18)20-15-9-4-3-5-10-15;/h3-12H,1-2H3,(H2,19,20,21,22);1H. The van der Waals surface area contributed by atoms with Gasteiger partial charge in [0, 0.05) is 23.1 Å². The second-order valence-electron chi connectivity index (χ2n) is 5.15. The van der Waals surface area contributed by atoms with E-state index >= 15 is 0 Å². The van der Waals surface area contributed by atoms with Crippen LogP contribution in [-0.4, -0.2) is 9.97 Å². The molecule has 0 aliphatic carbocycles. The fraction of sp³-hybridized carbons (Fsp3) is 0.111. The highest BCUT2D eigenvalue weighted by molar-refractivity contribution is 5.85. The number of para-hydroxylation sites is 2. The van der Waals surface area contributed by atoms with E-state index in [2.05, 4.69) is 33.6 Å². The molecule has 0 fully saturated rings. The van der Waals surface area contributed by atoms with E-state index in [4.69, 9.17) is 0 Å². The van der Waals surface area contributed by atoms with Crippen LogP contribution in [0.1, 0.15) is 11.3 Å². The minimum absolute atomic E-state index is 0. The highest BCUT2D eigenvalue weighted by Crippen LogP contribution is 2.20. The molecule has 4 nitrogen and oxygen atoms in total. The zero-order valence-electron chi connectivity index (χ0n) is 13.1. The van der Waals surface area contributed by atoms with Gasteiger partial charge in [-0.05, 0) is 37.6 Å². The van der Waals surface area contributed by atoms with Crippen LogP contribution in [0.15, 0.2) is 60.7 Å². The first-order valence-electron chi connectivity index (χ1n) is 7.21. The van der Waals surface area contributed by atoms with E-state index in [1.165, 1.54) is 0 Å². The molecule has 5 heteroatoms. The molecule has 2 aromatic carbocycles. The lowest BCUT2D eigenvalue weighted by Crippen LogP contribution is -2.03. The third kappa shape index (κ3) is 4.44. The van der Waals surface area contributed by atoms with E-state index in [1.54, 1.807) is 0 Å². The van der Waals surface area contributed by atoms with Crippen molar-refractivity contribution in [1.82, 2.24) is 9.97 Å². The highest BCUT2D eigenvalue weighted by atomic mass is 35.5. The molecule has 0 aliphatic rings. The highest BCUT2D eigenvalue weighted by Gasteiger charge is 2.04. The van der Waals surface area contributed by atoms with Crippen molar-refractivity contribution >= 4 is 35.5 Å². The summed E-state index contributed by atoms with van der Waals surface area (Å²) in [5.41, 5.74) is 4.08. The Kier molecular flexibility index (Phi) is 5.55. The molecule has 0 radical (unpaired) electrons. The lowest BCUT2D eigenvalue weighted by molar-refractivity contribution is 1.10. The minimum Gasteiger partial charge on any atom is -0.340 e. The maximum atomic E-state index is 4.53. The first-order valence-corrected chi connectivity index (χ1v) is 7.21. The van der Waals surface area contributed by atoms with Crippen LogP contribution in [0, 0.1) is 13.8 Å². The van der Waals surface area contributed by atoms with E-state index in [9.17, 15) is 0 Å². The summed E-state index contributed by atoms with van der Waals surface area (Å²) in [5.74, 6) is 1.36. The molecule has 0 spiro atoms. The summed E-state index contributed by atoms with van der Waals surface area (Å²) in [7, 11) is 0. The van der Waals surface area contributed by atoms with Gasteiger partial charge in [0.05, 0.1) is 0 Å². The third-order valence-electron chi connectivity index (χ3n) is 3.29. The van der Waals surface area contributed by atoms with E-state index in [0.29, 0.717) is 5.95 Å². The molecule has 2 N–H and O–H groups in total. The predicted octanol–water partition coefficient (Wildman–Crippen LogP) is 5.00. The lowest BCUT2D eigenvalue weighted by Gasteiger charge is -2.11. The molecule has 1 aromatic heterocycles. The molecule has 0 atom stereocenters. The van der Waals surface area contributed by atoms with Crippen molar-refractivity contribution in [1.29, 1.82) is 0 Å². The molecule has 3 aromatic rings. The number of hydrogen-bond donors (Lipinski definition) is 2. The predicted molar refractivity (Wildman–Crippen MR) is 98.2 cm³/mol. The summed E-state index contributed by atoms with van der Waals surface area (Å²) in [6.45, 7) is 4.02. The molecule has 118 valence electrons. The molecule has 0 saturated carbocycles. The van der Waals surface area contributed by atoms with Gasteiger partial charge in [-0.1, -0.05) is 36.4 Å². The molecule has 3 rings (SSSR count). The number of aryl methyl sites for hydroxylation is 2. The Bertz CT molecular complexity index is 775. The number of nitrogens with zero attached hydrogens (tertiary/aromatic N) is 2. The quantitative estimate of drug-likeness (QED) is 0.708. The van der Waals surface area contributed by atoms with E-state index in [0.717, 1.165) is 28.5 Å². The fourth-order valence-corrected chi connectivity index (χ4v) is 2.19.